The Balaban J connectivity index is 2.03. The van der Waals surface area contributed by atoms with Crippen LogP contribution >= 0.6 is 0 Å². The number of phenols is 1. The van der Waals surface area contributed by atoms with Crippen molar-refractivity contribution in [1.82, 2.24) is 4.90 Å². The Labute approximate surface area is 100 Å². The predicted octanol–water partition coefficient (Wildman–Crippen LogP) is 1.86. The van der Waals surface area contributed by atoms with E-state index in [0.29, 0.717) is 13.1 Å². The molecule has 4 heteroatoms. The third-order valence-corrected chi connectivity index (χ3v) is 3.36. The zero-order chi connectivity index (χ0) is 12.4. The first-order chi connectivity index (χ1) is 8.11. The molecule has 4 nitrogen and oxygen atoms in total. The molecule has 92 valence electrons. The number of carboxylic acids is 1. The van der Waals surface area contributed by atoms with Crippen LogP contribution in [0.5, 0.6) is 5.75 Å². The lowest BCUT2D eigenvalue weighted by molar-refractivity contribution is -0.148. The van der Waals surface area contributed by atoms with Gasteiger partial charge >= 0.3 is 5.97 Å². The Bertz CT molecular complexity index is 396. The van der Waals surface area contributed by atoms with Gasteiger partial charge in [-0.3, -0.25) is 9.69 Å². The van der Waals surface area contributed by atoms with Crippen LogP contribution in [0, 0.1) is 5.92 Å². The Hall–Kier alpha value is -1.55. The van der Waals surface area contributed by atoms with Gasteiger partial charge in [0.05, 0.1) is 5.92 Å². The fraction of sp³-hybridized carbons (Fsp3) is 0.462. The second-order valence-corrected chi connectivity index (χ2v) is 4.50. The summed E-state index contributed by atoms with van der Waals surface area (Å²) in [7, 11) is 0. The number of carbonyl (C=O) groups is 1. The van der Waals surface area contributed by atoms with Crippen molar-refractivity contribution >= 4 is 5.97 Å². The summed E-state index contributed by atoms with van der Waals surface area (Å²) in [5.41, 5.74) is 1.13. The van der Waals surface area contributed by atoms with Crippen molar-refractivity contribution in [2.24, 2.45) is 5.92 Å². The van der Waals surface area contributed by atoms with Crippen LogP contribution in [0.1, 0.15) is 24.9 Å². The zero-order valence-corrected chi connectivity index (χ0v) is 9.84. The molecule has 1 aromatic rings. The molecule has 2 rings (SSSR count). The maximum absolute atomic E-state index is 10.8. The van der Waals surface area contributed by atoms with Gasteiger partial charge in [0.25, 0.3) is 0 Å². The molecule has 1 aliphatic rings. The minimum Gasteiger partial charge on any atom is -0.508 e. The van der Waals surface area contributed by atoms with Gasteiger partial charge < -0.3 is 10.2 Å². The van der Waals surface area contributed by atoms with Crippen molar-refractivity contribution in [3.8, 4) is 5.75 Å². The van der Waals surface area contributed by atoms with Crippen LogP contribution in [0.25, 0.3) is 0 Å². The molecule has 1 fully saturated rings. The van der Waals surface area contributed by atoms with Gasteiger partial charge in [-0.25, -0.2) is 0 Å². The number of carboxylic acid groups (broad SMARTS) is 1. The first-order valence-corrected chi connectivity index (χ1v) is 5.87. The molecule has 1 atom stereocenters. The number of aromatic hydroxyl groups is 1. The van der Waals surface area contributed by atoms with Crippen LogP contribution in [0.2, 0.25) is 0 Å². The van der Waals surface area contributed by atoms with Gasteiger partial charge in [-0.05, 0) is 24.1 Å². The molecule has 2 N–H and O–H groups in total. The van der Waals surface area contributed by atoms with E-state index in [-0.39, 0.29) is 17.7 Å². The number of rotatable bonds is 4. The molecular formula is C13H17NO3. The lowest BCUT2D eigenvalue weighted by Crippen LogP contribution is -2.51. The molecule has 1 heterocycles. The molecular weight excluding hydrogens is 218 g/mol. The molecule has 0 spiro atoms. The van der Waals surface area contributed by atoms with Crippen molar-refractivity contribution in [1.29, 1.82) is 0 Å². The highest BCUT2D eigenvalue weighted by molar-refractivity contribution is 5.71. The number of benzene rings is 1. The summed E-state index contributed by atoms with van der Waals surface area (Å²) in [6, 6.07) is 7.40. The fourth-order valence-electron chi connectivity index (χ4n) is 2.32. The lowest BCUT2D eigenvalue weighted by Gasteiger charge is -2.42. The van der Waals surface area contributed by atoms with E-state index >= 15 is 0 Å². The number of nitrogens with zero attached hydrogens (tertiary/aromatic N) is 1. The molecule has 1 unspecified atom stereocenters. The summed E-state index contributed by atoms with van der Waals surface area (Å²) in [5.74, 6) is -0.668. The highest BCUT2D eigenvalue weighted by atomic mass is 16.4. The highest BCUT2D eigenvalue weighted by Crippen LogP contribution is 2.31. The van der Waals surface area contributed by atoms with E-state index in [9.17, 15) is 9.90 Å². The van der Waals surface area contributed by atoms with Crippen LogP contribution in [0.4, 0.5) is 0 Å². The number of aliphatic carboxylic acids is 1. The normalized spacial score (nSPS) is 18.6. The molecule has 0 saturated carbocycles. The molecule has 17 heavy (non-hydrogen) atoms. The summed E-state index contributed by atoms with van der Waals surface area (Å²) >= 11 is 0. The van der Waals surface area contributed by atoms with Crippen molar-refractivity contribution < 1.29 is 15.0 Å². The van der Waals surface area contributed by atoms with E-state index in [1.165, 1.54) is 0 Å². The van der Waals surface area contributed by atoms with Crippen LogP contribution in [-0.2, 0) is 4.79 Å². The Morgan fingerprint density at radius 3 is 2.47 bits per heavy atom. The van der Waals surface area contributed by atoms with Crippen molar-refractivity contribution in [2.45, 2.75) is 19.4 Å². The predicted molar refractivity (Wildman–Crippen MR) is 63.8 cm³/mol. The molecule has 1 saturated heterocycles. The van der Waals surface area contributed by atoms with Gasteiger partial charge in [0.1, 0.15) is 5.75 Å². The first-order valence-electron chi connectivity index (χ1n) is 5.87. The second-order valence-electron chi connectivity index (χ2n) is 4.50. The molecule has 0 radical (unpaired) electrons. The smallest absolute Gasteiger partial charge is 0.309 e. The largest absolute Gasteiger partial charge is 0.508 e. The highest BCUT2D eigenvalue weighted by Gasteiger charge is 2.36. The number of phenolic OH excluding ortho intramolecular Hbond substituents is 1. The van der Waals surface area contributed by atoms with Crippen LogP contribution < -0.4 is 0 Å². The van der Waals surface area contributed by atoms with E-state index < -0.39 is 5.97 Å². The average Bonchev–Trinajstić information content (AvgIpc) is 2.23. The van der Waals surface area contributed by atoms with Crippen molar-refractivity contribution in [2.75, 3.05) is 13.1 Å². The minimum atomic E-state index is -0.707. The minimum absolute atomic E-state index is 0.221. The lowest BCUT2D eigenvalue weighted by atomic mass is 9.93. The van der Waals surface area contributed by atoms with E-state index in [0.717, 1.165) is 12.0 Å². The molecule has 1 aromatic carbocycles. The second kappa shape index (κ2) is 4.75. The molecule has 0 bridgehead atoms. The molecule has 0 aliphatic carbocycles. The number of hydrogen-bond donors (Lipinski definition) is 2. The number of hydrogen-bond acceptors (Lipinski definition) is 3. The summed E-state index contributed by atoms with van der Waals surface area (Å²) in [4.78, 5) is 12.9. The van der Waals surface area contributed by atoms with Gasteiger partial charge in [-0.1, -0.05) is 19.1 Å². The van der Waals surface area contributed by atoms with Crippen LogP contribution in [-0.4, -0.2) is 34.2 Å². The van der Waals surface area contributed by atoms with Gasteiger partial charge in [-0.15, -0.1) is 0 Å². The van der Waals surface area contributed by atoms with Gasteiger partial charge in [0.2, 0.25) is 0 Å². The number of likely N-dealkylation sites (tertiary alicyclic amines) is 1. The van der Waals surface area contributed by atoms with Gasteiger partial charge in [0, 0.05) is 19.1 Å². The van der Waals surface area contributed by atoms with Gasteiger partial charge in [-0.2, -0.15) is 0 Å². The maximum atomic E-state index is 10.8. The summed E-state index contributed by atoms with van der Waals surface area (Å²) in [6.07, 6.45) is 0.942. The van der Waals surface area contributed by atoms with E-state index in [4.69, 9.17) is 5.11 Å². The molecule has 0 aromatic heterocycles. The van der Waals surface area contributed by atoms with Gasteiger partial charge in [0.15, 0.2) is 0 Å². The summed E-state index contributed by atoms with van der Waals surface area (Å²) < 4.78 is 0. The topological polar surface area (TPSA) is 60.8 Å². The van der Waals surface area contributed by atoms with Crippen molar-refractivity contribution in [3.63, 3.8) is 0 Å². The average molecular weight is 235 g/mol. The third kappa shape index (κ3) is 2.42. The van der Waals surface area contributed by atoms with E-state index in [1.54, 1.807) is 12.1 Å². The standard InChI is InChI=1S/C13H17NO3/c1-2-12(9-3-5-11(15)6-4-9)14-7-10(8-14)13(16)17/h3-6,10,12,15H,2,7-8H2,1H3,(H,16,17). The van der Waals surface area contributed by atoms with Crippen LogP contribution in [0.15, 0.2) is 24.3 Å². The monoisotopic (exact) mass is 235 g/mol. The van der Waals surface area contributed by atoms with Crippen LogP contribution in [0.3, 0.4) is 0 Å². The quantitative estimate of drug-likeness (QED) is 0.836. The molecule has 1 aliphatic heterocycles. The Morgan fingerprint density at radius 1 is 1.41 bits per heavy atom. The van der Waals surface area contributed by atoms with E-state index in [2.05, 4.69) is 11.8 Å². The first kappa shape index (κ1) is 11.9. The Kier molecular flexibility index (Phi) is 3.33. The summed E-state index contributed by atoms with van der Waals surface area (Å²) in [5, 5.41) is 18.1. The SMILES string of the molecule is CCC(c1ccc(O)cc1)N1CC(C(=O)O)C1. The molecule has 0 amide bonds. The fourth-order valence-corrected chi connectivity index (χ4v) is 2.32. The zero-order valence-electron chi connectivity index (χ0n) is 9.84. The summed E-state index contributed by atoms with van der Waals surface area (Å²) in [6.45, 7) is 3.33. The maximum Gasteiger partial charge on any atom is 0.309 e. The van der Waals surface area contributed by atoms with E-state index in [1.807, 2.05) is 12.1 Å². The van der Waals surface area contributed by atoms with Crippen molar-refractivity contribution in [3.05, 3.63) is 29.8 Å². The third-order valence-electron chi connectivity index (χ3n) is 3.36. The Morgan fingerprint density at radius 2 is 2.00 bits per heavy atom.